The van der Waals surface area contributed by atoms with Gasteiger partial charge in [-0.2, -0.15) is 0 Å². The molecule has 1 heterocycles. The fourth-order valence-corrected chi connectivity index (χ4v) is 2.27. The third-order valence-corrected chi connectivity index (χ3v) is 3.31. The van der Waals surface area contributed by atoms with Gasteiger partial charge in [-0.05, 0) is 42.0 Å². The Morgan fingerprint density at radius 2 is 2.12 bits per heavy atom. The lowest BCUT2D eigenvalue weighted by molar-refractivity contribution is 0.344. The van der Waals surface area contributed by atoms with Gasteiger partial charge < -0.3 is 10.2 Å². The van der Waals surface area contributed by atoms with E-state index in [4.69, 9.17) is 11.6 Å². The zero-order valence-corrected chi connectivity index (χ0v) is 13.0. The summed E-state index contributed by atoms with van der Waals surface area (Å²) in [6, 6.07) is 2.21. The number of aromatic nitrogens is 1. The summed E-state index contributed by atoms with van der Waals surface area (Å²) in [5, 5.41) is 4.08. The molecule has 0 radical (unpaired) electrons. The lowest BCUT2D eigenvalue weighted by Gasteiger charge is -2.26. The molecule has 1 atom stereocenters. The van der Waals surface area contributed by atoms with E-state index < -0.39 is 0 Å². The molecule has 0 aliphatic carbocycles. The highest BCUT2D eigenvalue weighted by atomic mass is 79.9. The summed E-state index contributed by atoms with van der Waals surface area (Å²) in [5.74, 6) is 1.37. The first kappa shape index (κ1) is 14.7. The van der Waals surface area contributed by atoms with Gasteiger partial charge in [-0.1, -0.05) is 25.4 Å². The zero-order valence-electron chi connectivity index (χ0n) is 10.7. The molecular formula is C12H19BrClN3. The molecule has 96 valence electrons. The number of anilines is 1. The fourth-order valence-electron chi connectivity index (χ4n) is 1.51. The lowest BCUT2D eigenvalue weighted by atomic mass is 10.0. The molecule has 1 aromatic rings. The maximum atomic E-state index is 5.87. The number of hydrogen-bond acceptors (Lipinski definition) is 3. The summed E-state index contributed by atoms with van der Waals surface area (Å²) < 4.78 is 0.898. The Balaban J connectivity index is 2.78. The third kappa shape index (κ3) is 4.82. The Morgan fingerprint density at radius 3 is 2.59 bits per heavy atom. The molecule has 0 aliphatic rings. The van der Waals surface area contributed by atoms with Crippen LogP contribution in [0.5, 0.6) is 0 Å². The predicted octanol–water partition coefficient (Wildman–Crippen LogP) is 3.50. The smallest absolute Gasteiger partial charge is 0.140 e. The van der Waals surface area contributed by atoms with E-state index in [1.54, 1.807) is 6.20 Å². The summed E-state index contributed by atoms with van der Waals surface area (Å²) in [6.45, 7) is 5.37. The van der Waals surface area contributed by atoms with Crippen LogP contribution in [0.25, 0.3) is 0 Å². The van der Waals surface area contributed by atoms with Crippen LogP contribution in [0, 0.1) is 5.92 Å². The molecule has 0 spiro atoms. The summed E-state index contributed by atoms with van der Waals surface area (Å²) in [4.78, 5) is 6.47. The van der Waals surface area contributed by atoms with Crippen molar-refractivity contribution >= 4 is 33.3 Å². The molecule has 0 saturated heterocycles. The molecule has 1 rings (SSSR count). The quantitative estimate of drug-likeness (QED) is 0.900. The van der Waals surface area contributed by atoms with Crippen LogP contribution in [0.1, 0.15) is 13.8 Å². The highest BCUT2D eigenvalue weighted by Gasteiger charge is 2.16. The average molecular weight is 321 g/mol. The lowest BCUT2D eigenvalue weighted by Crippen LogP contribution is -2.36. The first-order valence-electron chi connectivity index (χ1n) is 5.62. The van der Waals surface area contributed by atoms with E-state index in [1.165, 1.54) is 0 Å². The van der Waals surface area contributed by atoms with Crippen molar-refractivity contribution in [2.24, 2.45) is 5.92 Å². The van der Waals surface area contributed by atoms with Crippen molar-refractivity contribution in [3.05, 3.63) is 21.8 Å². The largest absolute Gasteiger partial charge is 0.365 e. The van der Waals surface area contributed by atoms with E-state index in [2.05, 4.69) is 59.1 Å². The summed E-state index contributed by atoms with van der Waals surface area (Å²) >= 11 is 9.34. The second-order valence-corrected chi connectivity index (χ2v) is 6.03. The van der Waals surface area contributed by atoms with Gasteiger partial charge in [-0.15, -0.1) is 0 Å². The van der Waals surface area contributed by atoms with Gasteiger partial charge in [-0.25, -0.2) is 4.98 Å². The molecular weight excluding hydrogens is 302 g/mol. The molecule has 1 unspecified atom stereocenters. The van der Waals surface area contributed by atoms with Gasteiger partial charge in [0.25, 0.3) is 0 Å². The zero-order chi connectivity index (χ0) is 13.0. The van der Waals surface area contributed by atoms with Crippen LogP contribution in [0.4, 0.5) is 5.82 Å². The predicted molar refractivity (Wildman–Crippen MR) is 77.7 cm³/mol. The van der Waals surface area contributed by atoms with Crippen molar-refractivity contribution in [3.8, 4) is 0 Å². The first-order chi connectivity index (χ1) is 7.90. The van der Waals surface area contributed by atoms with Gasteiger partial charge in [0.2, 0.25) is 0 Å². The number of likely N-dealkylation sites (N-methyl/N-ethyl adjacent to an activating group) is 1. The van der Waals surface area contributed by atoms with Crippen LogP contribution >= 0.6 is 27.5 Å². The molecule has 1 aromatic heterocycles. The molecule has 0 saturated carbocycles. The van der Waals surface area contributed by atoms with Crippen molar-refractivity contribution in [2.75, 3.05) is 26.0 Å². The van der Waals surface area contributed by atoms with Gasteiger partial charge in [0, 0.05) is 18.8 Å². The number of nitrogens with zero attached hydrogens (tertiary/aromatic N) is 2. The van der Waals surface area contributed by atoms with E-state index in [0.29, 0.717) is 17.0 Å². The van der Waals surface area contributed by atoms with Gasteiger partial charge in [0.1, 0.15) is 5.82 Å². The molecule has 0 bridgehead atoms. The van der Waals surface area contributed by atoms with E-state index in [-0.39, 0.29) is 0 Å². The summed E-state index contributed by atoms with van der Waals surface area (Å²) in [7, 11) is 4.14. The topological polar surface area (TPSA) is 28.2 Å². The number of rotatable bonds is 5. The number of nitrogens with one attached hydrogen (secondary N) is 1. The molecule has 0 amide bonds. The molecule has 0 aromatic carbocycles. The van der Waals surface area contributed by atoms with Crippen molar-refractivity contribution in [2.45, 2.75) is 19.9 Å². The normalized spacial score (nSPS) is 13.2. The molecule has 0 fully saturated rings. The monoisotopic (exact) mass is 319 g/mol. The highest BCUT2D eigenvalue weighted by molar-refractivity contribution is 9.10. The number of halogens is 2. The van der Waals surface area contributed by atoms with Crippen molar-refractivity contribution in [1.29, 1.82) is 0 Å². The van der Waals surface area contributed by atoms with Crippen LogP contribution in [0.3, 0.4) is 0 Å². The minimum absolute atomic E-state index is 0.356. The maximum absolute atomic E-state index is 5.87. The van der Waals surface area contributed by atoms with Crippen LogP contribution < -0.4 is 5.32 Å². The second-order valence-electron chi connectivity index (χ2n) is 4.74. The minimum Gasteiger partial charge on any atom is -0.365 e. The van der Waals surface area contributed by atoms with E-state index in [1.807, 2.05) is 6.07 Å². The molecule has 1 N–H and O–H groups in total. The number of pyridine rings is 1. The van der Waals surface area contributed by atoms with Crippen molar-refractivity contribution in [1.82, 2.24) is 9.88 Å². The Morgan fingerprint density at radius 1 is 1.47 bits per heavy atom. The van der Waals surface area contributed by atoms with Crippen LogP contribution in [0.2, 0.25) is 5.02 Å². The summed E-state index contributed by atoms with van der Waals surface area (Å²) in [6.07, 6.45) is 1.65. The second kappa shape index (κ2) is 6.57. The Bertz CT molecular complexity index is 369. The Kier molecular flexibility index (Phi) is 5.70. The van der Waals surface area contributed by atoms with Crippen molar-refractivity contribution < 1.29 is 0 Å². The molecule has 3 nitrogen and oxygen atoms in total. The van der Waals surface area contributed by atoms with E-state index >= 15 is 0 Å². The summed E-state index contributed by atoms with van der Waals surface area (Å²) in [5.41, 5.74) is 0. The van der Waals surface area contributed by atoms with Gasteiger partial charge >= 0.3 is 0 Å². The Labute approximate surface area is 117 Å². The van der Waals surface area contributed by atoms with Crippen molar-refractivity contribution in [3.63, 3.8) is 0 Å². The van der Waals surface area contributed by atoms with Crippen LogP contribution in [0.15, 0.2) is 16.7 Å². The van der Waals surface area contributed by atoms with E-state index in [9.17, 15) is 0 Å². The first-order valence-corrected chi connectivity index (χ1v) is 6.79. The molecule has 17 heavy (non-hydrogen) atoms. The standard InChI is InChI=1S/C12H19BrClN3/c1-8(2)11(7-17(3)4)16-12-10(13)5-9(14)6-15-12/h5-6,8,11H,7H2,1-4H3,(H,15,16). The maximum Gasteiger partial charge on any atom is 0.140 e. The van der Waals surface area contributed by atoms with E-state index in [0.717, 1.165) is 16.8 Å². The van der Waals surface area contributed by atoms with Gasteiger partial charge in [0.15, 0.2) is 0 Å². The average Bonchev–Trinajstić information content (AvgIpc) is 2.19. The van der Waals surface area contributed by atoms with Crippen LogP contribution in [-0.2, 0) is 0 Å². The fraction of sp³-hybridized carbons (Fsp3) is 0.583. The van der Waals surface area contributed by atoms with Gasteiger partial charge in [0.05, 0.1) is 9.50 Å². The van der Waals surface area contributed by atoms with Gasteiger partial charge in [-0.3, -0.25) is 0 Å². The molecule has 5 heteroatoms. The minimum atomic E-state index is 0.356. The highest BCUT2D eigenvalue weighted by Crippen LogP contribution is 2.24. The Hall–Kier alpha value is -0.320. The molecule has 0 aliphatic heterocycles. The van der Waals surface area contributed by atoms with Crippen LogP contribution in [-0.4, -0.2) is 36.6 Å². The third-order valence-electron chi connectivity index (χ3n) is 2.50. The number of hydrogen-bond donors (Lipinski definition) is 1. The SMILES string of the molecule is CC(C)C(CN(C)C)Nc1ncc(Cl)cc1Br.